The highest BCUT2D eigenvalue weighted by Crippen LogP contribution is 2.18. The lowest BCUT2D eigenvalue weighted by molar-refractivity contribution is -0.125. The van der Waals surface area contributed by atoms with E-state index in [1.54, 1.807) is 43.3 Å². The molecular formula is C20H18N2O6. The van der Waals surface area contributed by atoms with Gasteiger partial charge >= 0.3 is 5.97 Å². The maximum absolute atomic E-state index is 12.4. The number of benzene rings is 1. The number of nitrogens with one attached hydrogen (secondary N) is 2. The van der Waals surface area contributed by atoms with Gasteiger partial charge in [0.1, 0.15) is 5.76 Å². The molecule has 2 heterocycles. The number of amides is 2. The van der Waals surface area contributed by atoms with Crippen molar-refractivity contribution in [2.75, 3.05) is 11.9 Å². The van der Waals surface area contributed by atoms with Crippen molar-refractivity contribution in [3.63, 3.8) is 0 Å². The highest BCUT2D eigenvalue weighted by Gasteiger charge is 2.18. The van der Waals surface area contributed by atoms with Crippen LogP contribution in [0.1, 0.15) is 39.6 Å². The Morgan fingerprint density at radius 1 is 1.00 bits per heavy atom. The predicted octanol–water partition coefficient (Wildman–Crippen LogP) is 3.16. The van der Waals surface area contributed by atoms with Crippen LogP contribution in [0.5, 0.6) is 0 Å². The second kappa shape index (κ2) is 8.72. The zero-order valence-corrected chi connectivity index (χ0v) is 15.0. The van der Waals surface area contributed by atoms with Gasteiger partial charge in [0, 0.05) is 0 Å². The molecule has 0 saturated heterocycles. The van der Waals surface area contributed by atoms with E-state index in [1.165, 1.54) is 24.7 Å². The van der Waals surface area contributed by atoms with Crippen LogP contribution in [-0.2, 0) is 9.53 Å². The van der Waals surface area contributed by atoms with Crippen LogP contribution >= 0.6 is 0 Å². The van der Waals surface area contributed by atoms with Gasteiger partial charge < -0.3 is 24.2 Å². The molecule has 28 heavy (non-hydrogen) atoms. The normalized spacial score (nSPS) is 11.5. The highest BCUT2D eigenvalue weighted by atomic mass is 16.5. The number of para-hydroxylation sites is 1. The van der Waals surface area contributed by atoms with Crippen LogP contribution in [0.15, 0.2) is 69.9 Å². The topological polar surface area (TPSA) is 111 Å². The lowest BCUT2D eigenvalue weighted by Crippen LogP contribution is -2.31. The van der Waals surface area contributed by atoms with Gasteiger partial charge in [0.2, 0.25) is 0 Å². The fourth-order valence-corrected chi connectivity index (χ4v) is 2.46. The third-order valence-corrected chi connectivity index (χ3v) is 3.82. The van der Waals surface area contributed by atoms with Crippen molar-refractivity contribution in [1.29, 1.82) is 0 Å². The molecule has 3 aromatic rings. The molecule has 1 atom stereocenters. The molecule has 0 radical (unpaired) electrons. The Morgan fingerprint density at radius 2 is 1.75 bits per heavy atom. The molecule has 8 nitrogen and oxygen atoms in total. The van der Waals surface area contributed by atoms with Gasteiger partial charge in [0.25, 0.3) is 11.8 Å². The first-order valence-corrected chi connectivity index (χ1v) is 8.48. The Kier molecular flexibility index (Phi) is 5.91. The van der Waals surface area contributed by atoms with E-state index in [1.807, 2.05) is 0 Å². The molecule has 2 N–H and O–H groups in total. The zero-order valence-electron chi connectivity index (χ0n) is 15.0. The molecule has 2 aromatic heterocycles. The summed E-state index contributed by atoms with van der Waals surface area (Å²) >= 11 is 0. The van der Waals surface area contributed by atoms with Crippen molar-refractivity contribution in [1.82, 2.24) is 5.32 Å². The molecule has 0 fully saturated rings. The van der Waals surface area contributed by atoms with Crippen LogP contribution in [0.25, 0.3) is 0 Å². The molecule has 0 unspecified atom stereocenters. The largest absolute Gasteiger partial charge is 0.467 e. The molecule has 0 aliphatic carbocycles. The van der Waals surface area contributed by atoms with Crippen LogP contribution in [0, 0.1) is 0 Å². The standard InChI is InChI=1S/C20H18N2O6/c1-13(16-8-4-10-26-16)21-18(23)12-28-20(25)14-6-2-3-7-15(14)22-19(24)17-9-5-11-27-17/h2-11,13H,12H2,1H3,(H,21,23)(H,22,24)/t13-/m0/s1. The summed E-state index contributed by atoms with van der Waals surface area (Å²) in [6.45, 7) is 1.28. The van der Waals surface area contributed by atoms with E-state index in [0.29, 0.717) is 5.76 Å². The Bertz CT molecular complexity index is 947. The van der Waals surface area contributed by atoms with Crippen LogP contribution < -0.4 is 10.6 Å². The Hall–Kier alpha value is -3.81. The molecule has 0 spiro atoms. The molecule has 144 valence electrons. The molecule has 1 aromatic carbocycles. The van der Waals surface area contributed by atoms with Gasteiger partial charge in [0.15, 0.2) is 12.4 Å². The van der Waals surface area contributed by atoms with Crippen molar-refractivity contribution in [2.24, 2.45) is 0 Å². The van der Waals surface area contributed by atoms with E-state index in [4.69, 9.17) is 13.6 Å². The van der Waals surface area contributed by atoms with E-state index >= 15 is 0 Å². The summed E-state index contributed by atoms with van der Waals surface area (Å²) in [5, 5.41) is 5.25. The molecule has 0 aliphatic heterocycles. The van der Waals surface area contributed by atoms with E-state index in [9.17, 15) is 14.4 Å². The third kappa shape index (κ3) is 4.67. The first-order valence-electron chi connectivity index (χ1n) is 8.48. The summed E-state index contributed by atoms with van der Waals surface area (Å²) in [6.07, 6.45) is 2.88. The summed E-state index contributed by atoms with van der Waals surface area (Å²) in [4.78, 5) is 36.5. The van der Waals surface area contributed by atoms with Crippen molar-refractivity contribution in [2.45, 2.75) is 13.0 Å². The van der Waals surface area contributed by atoms with Gasteiger partial charge in [-0.15, -0.1) is 0 Å². The molecule has 0 saturated carbocycles. The van der Waals surface area contributed by atoms with Gasteiger partial charge in [-0.3, -0.25) is 9.59 Å². The van der Waals surface area contributed by atoms with Gasteiger partial charge in [-0.05, 0) is 43.3 Å². The van der Waals surface area contributed by atoms with Gasteiger partial charge in [0.05, 0.1) is 29.8 Å². The molecule has 2 amide bonds. The number of furan rings is 2. The van der Waals surface area contributed by atoms with Crippen molar-refractivity contribution in [3.8, 4) is 0 Å². The van der Waals surface area contributed by atoms with E-state index < -0.39 is 24.4 Å². The summed E-state index contributed by atoms with van der Waals surface area (Å²) in [5.74, 6) is -1.03. The minimum Gasteiger partial charge on any atom is -0.467 e. The number of carbonyl (C=O) groups is 3. The molecule has 0 bridgehead atoms. The molecular weight excluding hydrogens is 364 g/mol. The first kappa shape index (κ1) is 19.0. The number of carbonyl (C=O) groups excluding carboxylic acids is 3. The minimum atomic E-state index is -0.740. The number of esters is 1. The molecule has 8 heteroatoms. The number of hydrogen-bond donors (Lipinski definition) is 2. The molecule has 3 rings (SSSR count). The predicted molar refractivity (Wildman–Crippen MR) is 98.7 cm³/mol. The second-order valence-electron chi connectivity index (χ2n) is 5.86. The van der Waals surface area contributed by atoms with E-state index in [-0.39, 0.29) is 23.1 Å². The van der Waals surface area contributed by atoms with Crippen LogP contribution in [0.2, 0.25) is 0 Å². The lowest BCUT2D eigenvalue weighted by Gasteiger charge is -2.13. The van der Waals surface area contributed by atoms with Crippen LogP contribution in [0.3, 0.4) is 0 Å². The van der Waals surface area contributed by atoms with Crippen molar-refractivity contribution in [3.05, 3.63) is 78.1 Å². The summed E-state index contributed by atoms with van der Waals surface area (Å²) in [7, 11) is 0. The zero-order chi connectivity index (χ0) is 19.9. The maximum Gasteiger partial charge on any atom is 0.340 e. The highest BCUT2D eigenvalue weighted by molar-refractivity contribution is 6.06. The Labute approximate surface area is 160 Å². The number of rotatable bonds is 7. The third-order valence-electron chi connectivity index (χ3n) is 3.82. The SMILES string of the molecule is C[C@H](NC(=O)COC(=O)c1ccccc1NC(=O)c1ccco1)c1ccco1. The number of ether oxygens (including phenoxy) is 1. The van der Waals surface area contributed by atoms with Crippen molar-refractivity contribution >= 4 is 23.5 Å². The van der Waals surface area contributed by atoms with Gasteiger partial charge in [-0.1, -0.05) is 12.1 Å². The van der Waals surface area contributed by atoms with Gasteiger partial charge in [-0.25, -0.2) is 4.79 Å². The van der Waals surface area contributed by atoms with Crippen LogP contribution in [-0.4, -0.2) is 24.4 Å². The first-order chi connectivity index (χ1) is 13.5. The Balaban J connectivity index is 1.58. The number of anilines is 1. The summed E-state index contributed by atoms with van der Waals surface area (Å²) < 4.78 is 15.3. The van der Waals surface area contributed by atoms with E-state index in [0.717, 1.165) is 0 Å². The lowest BCUT2D eigenvalue weighted by atomic mass is 10.1. The quantitative estimate of drug-likeness (QED) is 0.607. The average molecular weight is 382 g/mol. The number of hydrogen-bond acceptors (Lipinski definition) is 6. The fraction of sp³-hybridized carbons (Fsp3) is 0.150. The van der Waals surface area contributed by atoms with Crippen molar-refractivity contribution < 1.29 is 28.0 Å². The average Bonchev–Trinajstić information content (AvgIpc) is 3.40. The van der Waals surface area contributed by atoms with Crippen LogP contribution in [0.4, 0.5) is 5.69 Å². The fourth-order valence-electron chi connectivity index (χ4n) is 2.46. The van der Waals surface area contributed by atoms with Gasteiger partial charge in [-0.2, -0.15) is 0 Å². The summed E-state index contributed by atoms with van der Waals surface area (Å²) in [6, 6.07) is 12.5. The smallest absolute Gasteiger partial charge is 0.340 e. The maximum atomic E-state index is 12.4. The second-order valence-corrected chi connectivity index (χ2v) is 5.86. The van der Waals surface area contributed by atoms with E-state index in [2.05, 4.69) is 10.6 Å². The Morgan fingerprint density at radius 3 is 2.46 bits per heavy atom. The summed E-state index contributed by atoms with van der Waals surface area (Å²) in [5.41, 5.74) is 0.368. The molecule has 0 aliphatic rings. The monoisotopic (exact) mass is 382 g/mol. The minimum absolute atomic E-state index is 0.106.